The summed E-state index contributed by atoms with van der Waals surface area (Å²) in [7, 11) is 0. The molecule has 4 heterocycles. The van der Waals surface area contributed by atoms with Gasteiger partial charge in [-0.2, -0.15) is 0 Å². The smallest absolute Gasteiger partial charge is 0.572 e. The van der Waals surface area contributed by atoms with Gasteiger partial charge in [0.15, 0.2) is 0 Å². The van der Waals surface area contributed by atoms with Gasteiger partial charge in [0.1, 0.15) is 11.6 Å². The van der Waals surface area contributed by atoms with Crippen molar-refractivity contribution in [1.29, 1.82) is 0 Å². The van der Waals surface area contributed by atoms with E-state index >= 15 is 0 Å². The Bertz CT molecular complexity index is 1170. The van der Waals surface area contributed by atoms with Crippen molar-refractivity contribution >= 4 is 0 Å². The van der Waals surface area contributed by atoms with Crippen molar-refractivity contribution in [1.82, 2.24) is 40.3 Å². The first kappa shape index (κ1) is 32.5. The Morgan fingerprint density at radius 1 is 0.590 bits per heavy atom. The number of aromatic nitrogens is 8. The minimum atomic E-state index is 0. The summed E-state index contributed by atoms with van der Waals surface area (Å²) in [6, 6.07) is 3.94. The summed E-state index contributed by atoms with van der Waals surface area (Å²) < 4.78 is 0. The van der Waals surface area contributed by atoms with Crippen LogP contribution in [0.15, 0.2) is 36.9 Å². The van der Waals surface area contributed by atoms with E-state index in [9.17, 15) is 0 Å². The van der Waals surface area contributed by atoms with E-state index in [0.717, 1.165) is 46.7 Å². The fourth-order valence-corrected chi connectivity index (χ4v) is 3.67. The molecule has 0 N–H and O–H groups in total. The van der Waals surface area contributed by atoms with Crippen LogP contribution < -0.4 is 10.2 Å². The molecule has 39 heavy (non-hydrogen) atoms. The monoisotopic (exact) mass is 709 g/mol. The second-order valence-electron chi connectivity index (χ2n) is 12.8. The van der Waals surface area contributed by atoms with E-state index < -0.39 is 0 Å². The molecule has 4 rings (SSSR count). The zero-order chi connectivity index (χ0) is 28.1. The molecule has 4 aromatic rings. The van der Waals surface area contributed by atoms with Gasteiger partial charge in [-0.1, -0.05) is 92.8 Å². The maximum Gasteiger partial charge on any atom is 2.00 e. The van der Waals surface area contributed by atoms with Gasteiger partial charge in [0.05, 0.1) is 0 Å². The normalized spacial score (nSPS) is 11.8. The number of rotatable bonds is 6. The Morgan fingerprint density at radius 3 is 1.13 bits per heavy atom. The van der Waals surface area contributed by atoms with Crippen molar-refractivity contribution in [3.8, 4) is 23.0 Å². The van der Waals surface area contributed by atoms with Gasteiger partial charge in [0.25, 0.3) is 0 Å². The van der Waals surface area contributed by atoms with Crippen molar-refractivity contribution in [3.63, 3.8) is 0 Å². The van der Waals surface area contributed by atoms with Crippen LogP contribution in [-0.2, 0) is 44.7 Å². The molecule has 0 bridgehead atoms. The molecule has 4 aromatic heterocycles. The van der Waals surface area contributed by atoms with Gasteiger partial charge >= 0.3 is 21.1 Å². The molecule has 0 spiro atoms. The second kappa shape index (κ2) is 13.6. The fraction of sp³-hybridized carbons (Fsp3) is 0.533. The van der Waals surface area contributed by atoms with Crippen molar-refractivity contribution < 1.29 is 21.1 Å². The van der Waals surface area contributed by atoms with E-state index in [2.05, 4.69) is 110 Å². The molecule has 0 aliphatic carbocycles. The first-order chi connectivity index (χ1) is 17.7. The summed E-state index contributed by atoms with van der Waals surface area (Å²) in [4.78, 5) is 17.5. The largest absolute Gasteiger partial charge is 2.00 e. The molecular formula is C30H42N8Pt. The third kappa shape index (κ3) is 9.75. The van der Waals surface area contributed by atoms with Crippen molar-refractivity contribution in [3.05, 3.63) is 59.4 Å². The van der Waals surface area contributed by atoms with Crippen LogP contribution in [0.4, 0.5) is 0 Å². The Labute approximate surface area is 248 Å². The standard InChI is InChI=1S/2C15H21N4.Pt/c2*1-10(2)6-11-8-16-14(17-9-11)12-7-13(19-18-12)15(3,4)5;/h2*7-10H,6H2,1-5H3;/q2*-1;+2. The van der Waals surface area contributed by atoms with Crippen molar-refractivity contribution in [2.75, 3.05) is 0 Å². The minimum absolute atomic E-state index is 0. The summed E-state index contributed by atoms with van der Waals surface area (Å²) in [6.45, 7) is 21.5. The topological polar surface area (TPSA) is 106 Å². The predicted molar refractivity (Wildman–Crippen MR) is 152 cm³/mol. The van der Waals surface area contributed by atoms with Gasteiger partial charge in [-0.05, 0) is 35.8 Å². The molecule has 0 fully saturated rings. The van der Waals surface area contributed by atoms with Gasteiger partial charge < -0.3 is 20.4 Å². The molecule has 8 nitrogen and oxygen atoms in total. The Kier molecular flexibility index (Phi) is 11.3. The number of hydrogen-bond acceptors (Lipinski definition) is 6. The third-order valence-electron chi connectivity index (χ3n) is 5.77. The van der Waals surface area contributed by atoms with Gasteiger partial charge in [-0.15, -0.1) is 0 Å². The van der Waals surface area contributed by atoms with Gasteiger partial charge in [0, 0.05) is 47.0 Å². The molecule has 0 radical (unpaired) electrons. The SMILES string of the molecule is CC(C)Cc1cnc(-c2cc(C(C)(C)C)n[n-]2)nc1.CC(C)Cc1cnc(-c2cc(C(C)(C)C)n[n-]2)nc1.[Pt+2]. The van der Waals surface area contributed by atoms with E-state index in [4.69, 9.17) is 0 Å². The van der Waals surface area contributed by atoms with Gasteiger partial charge in [-0.25, -0.2) is 19.9 Å². The average molecular weight is 710 g/mol. The van der Waals surface area contributed by atoms with Crippen LogP contribution in [0.1, 0.15) is 91.8 Å². The Morgan fingerprint density at radius 2 is 0.897 bits per heavy atom. The summed E-state index contributed by atoms with van der Waals surface area (Å²) in [5, 5.41) is 16.7. The average Bonchev–Trinajstić information content (AvgIpc) is 3.50. The molecule has 0 aromatic carbocycles. The maximum atomic E-state index is 4.38. The second-order valence-corrected chi connectivity index (χ2v) is 12.8. The maximum absolute atomic E-state index is 4.38. The van der Waals surface area contributed by atoms with E-state index in [1.165, 1.54) is 0 Å². The summed E-state index contributed by atoms with van der Waals surface area (Å²) >= 11 is 0. The molecular weight excluding hydrogens is 667 g/mol. The zero-order valence-electron chi connectivity index (χ0n) is 24.9. The summed E-state index contributed by atoms with van der Waals surface area (Å²) in [5.74, 6) is 2.52. The van der Waals surface area contributed by atoms with Crippen LogP contribution in [0, 0.1) is 11.8 Å². The van der Waals surface area contributed by atoms with Crippen LogP contribution in [-0.4, -0.2) is 30.1 Å². The minimum Gasteiger partial charge on any atom is -0.572 e. The molecule has 0 saturated carbocycles. The van der Waals surface area contributed by atoms with E-state index in [-0.39, 0.29) is 31.9 Å². The van der Waals surface area contributed by atoms with E-state index in [0.29, 0.717) is 23.5 Å². The van der Waals surface area contributed by atoms with Crippen molar-refractivity contribution in [2.24, 2.45) is 11.8 Å². The Hall–Kier alpha value is -2.73. The predicted octanol–water partition coefficient (Wildman–Crippen LogP) is 5.98. The van der Waals surface area contributed by atoms with Gasteiger partial charge in [-0.3, -0.25) is 0 Å². The molecule has 0 aliphatic rings. The van der Waals surface area contributed by atoms with Crippen LogP contribution >= 0.6 is 0 Å². The molecule has 212 valence electrons. The first-order valence-electron chi connectivity index (χ1n) is 13.4. The summed E-state index contributed by atoms with van der Waals surface area (Å²) in [6.07, 6.45) is 9.53. The molecule has 0 saturated heterocycles. The number of nitrogens with zero attached hydrogens (tertiary/aromatic N) is 8. The van der Waals surface area contributed by atoms with Crippen LogP contribution in [0.25, 0.3) is 23.0 Å². The van der Waals surface area contributed by atoms with Gasteiger partial charge in [0.2, 0.25) is 0 Å². The quantitative estimate of drug-likeness (QED) is 0.241. The molecule has 0 aliphatic heterocycles. The molecule has 0 unspecified atom stereocenters. The fourth-order valence-electron chi connectivity index (χ4n) is 3.67. The number of hydrogen-bond donors (Lipinski definition) is 0. The van der Waals surface area contributed by atoms with Crippen molar-refractivity contribution in [2.45, 2.75) is 92.9 Å². The van der Waals surface area contributed by atoms with E-state index in [1.807, 2.05) is 36.9 Å². The molecule has 0 atom stereocenters. The van der Waals surface area contributed by atoms with Crippen LogP contribution in [0.5, 0.6) is 0 Å². The third-order valence-corrected chi connectivity index (χ3v) is 5.77. The molecule has 0 amide bonds. The molecule has 9 heteroatoms. The van der Waals surface area contributed by atoms with Crippen LogP contribution in [0.3, 0.4) is 0 Å². The summed E-state index contributed by atoms with van der Waals surface area (Å²) in [5.41, 5.74) is 5.77. The first-order valence-corrected chi connectivity index (χ1v) is 13.4. The Balaban J connectivity index is 0.000000267. The van der Waals surface area contributed by atoms with Crippen LogP contribution in [0.2, 0.25) is 0 Å². The zero-order valence-corrected chi connectivity index (χ0v) is 27.2. The van der Waals surface area contributed by atoms with E-state index in [1.54, 1.807) is 0 Å².